The first-order valence-electron chi connectivity index (χ1n) is 9.38. The number of aromatic nitrogens is 2. The Kier molecular flexibility index (Phi) is 3.89. The Morgan fingerprint density at radius 1 is 1.21 bits per heavy atom. The number of allylic oxidation sites excluding steroid dienone is 1. The summed E-state index contributed by atoms with van der Waals surface area (Å²) in [5, 5.41) is 3.14. The number of aliphatic imine (C=N–C) groups is 1. The molecule has 1 aromatic heterocycles. The van der Waals surface area contributed by atoms with Gasteiger partial charge >= 0.3 is 6.01 Å². The molecule has 3 N–H and O–H groups in total. The van der Waals surface area contributed by atoms with E-state index in [1.54, 1.807) is 12.1 Å². The van der Waals surface area contributed by atoms with Crippen LogP contribution in [-0.2, 0) is 6.42 Å². The Bertz CT molecular complexity index is 1070. The van der Waals surface area contributed by atoms with Crippen molar-refractivity contribution in [2.75, 3.05) is 17.6 Å². The fourth-order valence-electron chi connectivity index (χ4n) is 3.60. The second-order valence-electron chi connectivity index (χ2n) is 7.50. The van der Waals surface area contributed by atoms with Crippen molar-refractivity contribution >= 4 is 23.5 Å². The van der Waals surface area contributed by atoms with Gasteiger partial charge in [0.15, 0.2) is 11.6 Å². The molecule has 6 nitrogen and oxygen atoms in total. The van der Waals surface area contributed by atoms with Crippen LogP contribution in [0.3, 0.4) is 0 Å². The third kappa shape index (κ3) is 3.24. The molecule has 0 unspecified atom stereocenters. The number of nitrogens with one attached hydrogen (secondary N) is 1. The Morgan fingerprint density at radius 3 is 2.89 bits per heavy atom. The first kappa shape index (κ1) is 16.9. The SMILES string of the molecule is CC1=Cc2c(ccc(Oc3nc(N)cc(NC4=NCC(C5CC5)=C4)n3)c2F)C1. The number of amidine groups is 1. The predicted molar refractivity (Wildman–Crippen MR) is 107 cm³/mol. The number of hydrogen-bond acceptors (Lipinski definition) is 6. The lowest BCUT2D eigenvalue weighted by atomic mass is 10.1. The summed E-state index contributed by atoms with van der Waals surface area (Å²) in [5.41, 5.74) is 9.88. The fourth-order valence-corrected chi connectivity index (χ4v) is 3.60. The second-order valence-corrected chi connectivity index (χ2v) is 7.50. The maximum Gasteiger partial charge on any atom is 0.326 e. The number of nitrogens with two attached hydrogens (primary N) is 1. The highest BCUT2D eigenvalue weighted by molar-refractivity contribution is 6.05. The second kappa shape index (κ2) is 6.44. The van der Waals surface area contributed by atoms with Gasteiger partial charge in [-0.05, 0) is 55.4 Å². The van der Waals surface area contributed by atoms with Crippen LogP contribution >= 0.6 is 0 Å². The quantitative estimate of drug-likeness (QED) is 0.837. The van der Waals surface area contributed by atoms with E-state index in [0.717, 1.165) is 29.9 Å². The minimum absolute atomic E-state index is 0.00922. The van der Waals surface area contributed by atoms with Gasteiger partial charge in [-0.25, -0.2) is 4.39 Å². The van der Waals surface area contributed by atoms with Crippen LogP contribution in [0.2, 0.25) is 0 Å². The Balaban J connectivity index is 1.37. The topological polar surface area (TPSA) is 85.4 Å². The van der Waals surface area contributed by atoms with Crippen LogP contribution in [0.15, 0.2) is 40.4 Å². The summed E-state index contributed by atoms with van der Waals surface area (Å²) >= 11 is 0. The fraction of sp³-hybridized carbons (Fsp3) is 0.286. The molecule has 0 bridgehead atoms. The average molecular weight is 377 g/mol. The highest BCUT2D eigenvalue weighted by Gasteiger charge is 2.28. The molecule has 2 aromatic rings. The largest absolute Gasteiger partial charge is 0.421 e. The molecule has 0 amide bonds. The minimum atomic E-state index is -0.410. The molecular weight excluding hydrogens is 357 g/mol. The molecule has 2 aliphatic carbocycles. The number of halogens is 1. The van der Waals surface area contributed by atoms with E-state index in [1.807, 2.05) is 19.1 Å². The molecule has 0 saturated heterocycles. The number of hydrogen-bond donors (Lipinski definition) is 2. The molecule has 1 fully saturated rings. The van der Waals surface area contributed by atoms with E-state index in [1.165, 1.54) is 18.4 Å². The summed E-state index contributed by atoms with van der Waals surface area (Å²) in [6.45, 7) is 2.71. The molecule has 142 valence electrons. The minimum Gasteiger partial charge on any atom is -0.421 e. The molecule has 0 radical (unpaired) electrons. The van der Waals surface area contributed by atoms with Crippen molar-refractivity contribution in [2.24, 2.45) is 10.9 Å². The summed E-state index contributed by atoms with van der Waals surface area (Å²) < 4.78 is 20.4. The van der Waals surface area contributed by atoms with Gasteiger partial charge in [0.25, 0.3) is 0 Å². The first-order valence-corrected chi connectivity index (χ1v) is 9.38. The summed E-state index contributed by atoms with van der Waals surface area (Å²) in [7, 11) is 0. The van der Waals surface area contributed by atoms with Crippen molar-refractivity contribution in [3.8, 4) is 11.8 Å². The zero-order valence-electron chi connectivity index (χ0n) is 15.5. The predicted octanol–water partition coefficient (Wildman–Crippen LogP) is 4.11. The van der Waals surface area contributed by atoms with Crippen LogP contribution in [-0.4, -0.2) is 22.3 Å². The zero-order chi connectivity index (χ0) is 19.3. The molecule has 3 aliphatic rings. The lowest BCUT2D eigenvalue weighted by Gasteiger charge is -2.10. The standard InChI is InChI=1S/C21H20FN5O/c1-11-6-13-4-5-16(20(22)15(13)7-11)28-21-25-17(23)9-19(27-21)26-18-8-14(10-24-18)12-2-3-12/h4-5,7-9,12H,2-3,6,10H2,1H3,(H3,23,24,25,26,27). The van der Waals surface area contributed by atoms with Gasteiger partial charge in [-0.3, -0.25) is 4.99 Å². The van der Waals surface area contributed by atoms with E-state index in [9.17, 15) is 4.39 Å². The Morgan fingerprint density at radius 2 is 2.07 bits per heavy atom. The van der Waals surface area contributed by atoms with Gasteiger partial charge in [0.1, 0.15) is 17.5 Å². The Hall–Kier alpha value is -3.22. The van der Waals surface area contributed by atoms with Crippen molar-refractivity contribution in [3.05, 3.63) is 52.4 Å². The van der Waals surface area contributed by atoms with Crippen LogP contribution in [0.1, 0.15) is 30.9 Å². The van der Waals surface area contributed by atoms with Gasteiger partial charge in [-0.2, -0.15) is 9.97 Å². The third-order valence-corrected chi connectivity index (χ3v) is 5.13. The van der Waals surface area contributed by atoms with Gasteiger partial charge in [0.2, 0.25) is 0 Å². The van der Waals surface area contributed by atoms with E-state index in [2.05, 4.69) is 26.4 Å². The lowest BCUT2D eigenvalue weighted by molar-refractivity contribution is 0.412. The highest BCUT2D eigenvalue weighted by Crippen LogP contribution is 2.38. The molecule has 7 heteroatoms. The molecule has 0 atom stereocenters. The highest BCUT2D eigenvalue weighted by atomic mass is 19.1. The number of nitrogen functional groups attached to an aromatic ring is 1. The van der Waals surface area contributed by atoms with Crippen LogP contribution < -0.4 is 15.8 Å². The zero-order valence-corrected chi connectivity index (χ0v) is 15.5. The van der Waals surface area contributed by atoms with Crippen LogP contribution in [0.5, 0.6) is 11.8 Å². The number of nitrogens with zero attached hydrogens (tertiary/aromatic N) is 3. The lowest BCUT2D eigenvalue weighted by Crippen LogP contribution is -2.10. The van der Waals surface area contributed by atoms with E-state index >= 15 is 0 Å². The summed E-state index contributed by atoms with van der Waals surface area (Å²) in [6, 6.07) is 5.06. The van der Waals surface area contributed by atoms with E-state index in [0.29, 0.717) is 17.3 Å². The number of anilines is 2. The van der Waals surface area contributed by atoms with E-state index in [4.69, 9.17) is 10.5 Å². The van der Waals surface area contributed by atoms with Crippen molar-refractivity contribution in [3.63, 3.8) is 0 Å². The molecule has 1 saturated carbocycles. The van der Waals surface area contributed by atoms with Crippen molar-refractivity contribution in [2.45, 2.75) is 26.2 Å². The number of ether oxygens (including phenoxy) is 1. The number of fused-ring (bicyclic) bond motifs is 1. The number of benzene rings is 1. The molecule has 0 spiro atoms. The van der Waals surface area contributed by atoms with Crippen molar-refractivity contribution in [1.29, 1.82) is 0 Å². The summed E-state index contributed by atoms with van der Waals surface area (Å²) in [6.07, 6.45) is 7.15. The molecule has 1 aromatic carbocycles. The van der Waals surface area contributed by atoms with Gasteiger partial charge < -0.3 is 15.8 Å². The van der Waals surface area contributed by atoms with E-state index < -0.39 is 5.82 Å². The summed E-state index contributed by atoms with van der Waals surface area (Å²) in [4.78, 5) is 12.9. The van der Waals surface area contributed by atoms with E-state index in [-0.39, 0.29) is 17.6 Å². The normalized spacial score (nSPS) is 17.7. The van der Waals surface area contributed by atoms with Gasteiger partial charge in [-0.15, -0.1) is 0 Å². The van der Waals surface area contributed by atoms with Gasteiger partial charge in [0.05, 0.1) is 6.54 Å². The van der Waals surface area contributed by atoms with Crippen molar-refractivity contribution < 1.29 is 9.13 Å². The van der Waals surface area contributed by atoms with Gasteiger partial charge in [0, 0.05) is 11.6 Å². The van der Waals surface area contributed by atoms with Crippen LogP contribution in [0.25, 0.3) is 6.08 Å². The number of rotatable bonds is 4. The van der Waals surface area contributed by atoms with Gasteiger partial charge in [-0.1, -0.05) is 17.7 Å². The average Bonchev–Trinajstić information content (AvgIpc) is 3.27. The maximum atomic E-state index is 14.8. The smallest absolute Gasteiger partial charge is 0.326 e. The first-order chi connectivity index (χ1) is 13.5. The molecule has 2 heterocycles. The Labute approximate surface area is 162 Å². The van der Waals surface area contributed by atoms with Crippen molar-refractivity contribution in [1.82, 2.24) is 9.97 Å². The molecule has 28 heavy (non-hydrogen) atoms. The monoisotopic (exact) mass is 377 g/mol. The third-order valence-electron chi connectivity index (χ3n) is 5.13. The molecule has 1 aliphatic heterocycles. The molecular formula is C21H20FN5O. The van der Waals surface area contributed by atoms with Crippen LogP contribution in [0, 0.1) is 11.7 Å². The summed E-state index contributed by atoms with van der Waals surface area (Å²) in [5.74, 6) is 1.79. The maximum absolute atomic E-state index is 14.8. The molecule has 5 rings (SSSR count). The van der Waals surface area contributed by atoms with Crippen LogP contribution in [0.4, 0.5) is 16.0 Å².